The number of halogens is 2. The SMILES string of the molecule is CC(=O)C1=C(C)Nc2nc3ccccc3n2C1c1ccc(Cl)cc1Cl. The Morgan fingerprint density at radius 3 is 2.68 bits per heavy atom. The molecular weight excluding hydrogens is 357 g/mol. The Morgan fingerprint density at radius 2 is 1.96 bits per heavy atom. The van der Waals surface area contributed by atoms with Crippen molar-refractivity contribution in [2.45, 2.75) is 19.9 Å². The summed E-state index contributed by atoms with van der Waals surface area (Å²) < 4.78 is 2.02. The van der Waals surface area contributed by atoms with Crippen LogP contribution in [0.15, 0.2) is 53.7 Å². The summed E-state index contributed by atoms with van der Waals surface area (Å²) in [5.74, 6) is 0.684. The first-order valence-electron chi connectivity index (χ1n) is 7.88. The summed E-state index contributed by atoms with van der Waals surface area (Å²) in [4.78, 5) is 17.1. The van der Waals surface area contributed by atoms with Crippen LogP contribution in [0.2, 0.25) is 10.0 Å². The standard InChI is InChI=1S/C19H15Cl2N3O/c1-10-17(11(2)25)18(13-8-7-12(20)9-14(13)21)24-16-6-4-3-5-15(16)23-19(24)22-10/h3-9,18H,1-2H3,(H,22,23). The van der Waals surface area contributed by atoms with E-state index < -0.39 is 0 Å². The van der Waals surface area contributed by atoms with E-state index in [1.807, 2.05) is 41.8 Å². The van der Waals surface area contributed by atoms with Gasteiger partial charge in [-0.25, -0.2) is 4.98 Å². The van der Waals surface area contributed by atoms with Crippen LogP contribution in [0.25, 0.3) is 11.0 Å². The Kier molecular flexibility index (Phi) is 3.82. The van der Waals surface area contributed by atoms with Crippen molar-refractivity contribution in [1.82, 2.24) is 9.55 Å². The fourth-order valence-electron chi connectivity index (χ4n) is 3.44. The van der Waals surface area contributed by atoms with Gasteiger partial charge in [0.1, 0.15) is 0 Å². The van der Waals surface area contributed by atoms with Crippen LogP contribution in [0, 0.1) is 0 Å². The molecule has 6 heteroatoms. The fourth-order valence-corrected chi connectivity index (χ4v) is 3.95. The molecule has 25 heavy (non-hydrogen) atoms. The minimum absolute atomic E-state index is 0.00977. The number of ketones is 1. The summed E-state index contributed by atoms with van der Waals surface area (Å²) >= 11 is 12.6. The van der Waals surface area contributed by atoms with E-state index in [1.165, 1.54) is 0 Å². The number of aromatic nitrogens is 2. The van der Waals surface area contributed by atoms with Crippen molar-refractivity contribution in [3.63, 3.8) is 0 Å². The topological polar surface area (TPSA) is 46.9 Å². The molecule has 126 valence electrons. The van der Waals surface area contributed by atoms with E-state index in [9.17, 15) is 4.79 Å². The lowest BCUT2D eigenvalue weighted by molar-refractivity contribution is -0.114. The van der Waals surface area contributed by atoms with Gasteiger partial charge in [-0.1, -0.05) is 41.4 Å². The number of hydrogen-bond acceptors (Lipinski definition) is 3. The average molecular weight is 372 g/mol. The average Bonchev–Trinajstić information content (AvgIpc) is 2.91. The van der Waals surface area contributed by atoms with Crippen molar-refractivity contribution in [3.8, 4) is 0 Å². The third kappa shape index (κ3) is 2.53. The second kappa shape index (κ2) is 5.90. The van der Waals surface area contributed by atoms with Gasteiger partial charge in [-0.2, -0.15) is 0 Å². The summed E-state index contributed by atoms with van der Waals surface area (Å²) in [6.45, 7) is 3.46. The Hall–Kier alpha value is -2.30. The Morgan fingerprint density at radius 1 is 1.20 bits per heavy atom. The van der Waals surface area contributed by atoms with Gasteiger partial charge in [-0.15, -0.1) is 0 Å². The van der Waals surface area contributed by atoms with Crippen molar-refractivity contribution in [3.05, 3.63) is 69.3 Å². The number of fused-ring (bicyclic) bond motifs is 3. The molecule has 0 bridgehead atoms. The molecule has 4 nitrogen and oxygen atoms in total. The number of carbonyl (C=O) groups is 1. The van der Waals surface area contributed by atoms with Gasteiger partial charge in [-0.3, -0.25) is 9.36 Å². The number of imidazole rings is 1. The highest BCUT2D eigenvalue weighted by atomic mass is 35.5. The first-order valence-corrected chi connectivity index (χ1v) is 8.63. The van der Waals surface area contributed by atoms with Crippen LogP contribution in [0.1, 0.15) is 25.5 Å². The molecule has 0 aliphatic carbocycles. The van der Waals surface area contributed by atoms with E-state index in [1.54, 1.807) is 19.1 Å². The second-order valence-electron chi connectivity index (χ2n) is 6.08. The number of rotatable bonds is 2. The highest BCUT2D eigenvalue weighted by Crippen LogP contribution is 2.41. The van der Waals surface area contributed by atoms with Gasteiger partial charge in [0.15, 0.2) is 5.78 Å². The smallest absolute Gasteiger partial charge is 0.209 e. The summed E-state index contributed by atoms with van der Waals surface area (Å²) in [5, 5.41) is 4.33. The molecule has 0 saturated heterocycles. The van der Waals surface area contributed by atoms with Crippen molar-refractivity contribution in [1.29, 1.82) is 0 Å². The van der Waals surface area contributed by atoms with E-state index in [0.29, 0.717) is 21.6 Å². The third-order valence-electron chi connectivity index (χ3n) is 4.47. The van der Waals surface area contributed by atoms with E-state index in [2.05, 4.69) is 10.3 Å². The summed E-state index contributed by atoms with van der Waals surface area (Å²) in [5.41, 5.74) is 4.07. The Balaban J connectivity index is 2.06. The number of hydrogen-bond donors (Lipinski definition) is 1. The molecule has 0 radical (unpaired) electrons. The van der Waals surface area contributed by atoms with Gasteiger partial charge in [0.25, 0.3) is 0 Å². The van der Waals surface area contributed by atoms with Gasteiger partial charge < -0.3 is 5.32 Å². The molecule has 1 unspecified atom stereocenters. The van der Waals surface area contributed by atoms with Gasteiger partial charge in [0, 0.05) is 21.3 Å². The highest BCUT2D eigenvalue weighted by molar-refractivity contribution is 6.35. The van der Waals surface area contributed by atoms with Crippen LogP contribution in [0.3, 0.4) is 0 Å². The highest BCUT2D eigenvalue weighted by Gasteiger charge is 2.33. The predicted octanol–water partition coefficient (Wildman–Crippen LogP) is 5.22. The van der Waals surface area contributed by atoms with Crippen LogP contribution in [-0.4, -0.2) is 15.3 Å². The van der Waals surface area contributed by atoms with Crippen LogP contribution in [-0.2, 0) is 4.79 Å². The molecule has 1 aliphatic heterocycles. The lowest BCUT2D eigenvalue weighted by Gasteiger charge is -2.30. The normalized spacial score (nSPS) is 16.7. The zero-order chi connectivity index (χ0) is 17.7. The number of carbonyl (C=O) groups excluding carboxylic acids is 1. The van der Waals surface area contributed by atoms with Crippen molar-refractivity contribution in [2.24, 2.45) is 0 Å². The predicted molar refractivity (Wildman–Crippen MR) is 101 cm³/mol. The van der Waals surface area contributed by atoms with Gasteiger partial charge in [0.2, 0.25) is 5.95 Å². The molecule has 1 N–H and O–H groups in total. The molecule has 0 fully saturated rings. The summed E-state index contributed by atoms with van der Waals surface area (Å²) in [6, 6.07) is 12.8. The van der Waals surface area contributed by atoms with Gasteiger partial charge in [-0.05, 0) is 43.7 Å². The summed E-state index contributed by atoms with van der Waals surface area (Å²) in [6.07, 6.45) is 0. The maximum absolute atomic E-state index is 12.4. The first kappa shape index (κ1) is 16.2. The molecule has 2 aromatic carbocycles. The number of anilines is 1. The zero-order valence-corrected chi connectivity index (χ0v) is 15.2. The number of para-hydroxylation sites is 2. The van der Waals surface area contributed by atoms with Crippen molar-refractivity contribution >= 4 is 46.0 Å². The third-order valence-corrected chi connectivity index (χ3v) is 5.03. The molecule has 1 aromatic heterocycles. The maximum Gasteiger partial charge on any atom is 0.209 e. The maximum atomic E-state index is 12.4. The Labute approximate surface area is 155 Å². The monoisotopic (exact) mass is 371 g/mol. The van der Waals surface area contributed by atoms with E-state index in [4.69, 9.17) is 23.2 Å². The van der Waals surface area contributed by atoms with Crippen LogP contribution < -0.4 is 5.32 Å². The minimum Gasteiger partial charge on any atom is -0.329 e. The van der Waals surface area contributed by atoms with Crippen LogP contribution >= 0.6 is 23.2 Å². The summed E-state index contributed by atoms with van der Waals surface area (Å²) in [7, 11) is 0. The molecule has 4 rings (SSSR count). The second-order valence-corrected chi connectivity index (χ2v) is 6.93. The van der Waals surface area contributed by atoms with E-state index >= 15 is 0 Å². The van der Waals surface area contributed by atoms with Crippen molar-refractivity contribution in [2.75, 3.05) is 5.32 Å². The molecule has 1 atom stereocenters. The number of Topliss-reactive ketones (excluding diaryl/α,β-unsaturated/α-hetero) is 1. The van der Waals surface area contributed by atoms with Crippen LogP contribution in [0.5, 0.6) is 0 Å². The molecule has 0 amide bonds. The molecule has 3 aromatic rings. The number of nitrogens with zero attached hydrogens (tertiary/aromatic N) is 2. The molecule has 0 spiro atoms. The lowest BCUT2D eigenvalue weighted by atomic mass is 9.92. The number of nitrogens with one attached hydrogen (secondary N) is 1. The van der Waals surface area contributed by atoms with E-state index in [-0.39, 0.29) is 11.8 Å². The Bertz CT molecular complexity index is 1050. The molecular formula is C19H15Cl2N3O. The minimum atomic E-state index is -0.356. The van der Waals surface area contributed by atoms with Gasteiger partial charge >= 0.3 is 0 Å². The molecule has 0 saturated carbocycles. The lowest BCUT2D eigenvalue weighted by Crippen LogP contribution is -2.27. The van der Waals surface area contributed by atoms with Crippen molar-refractivity contribution < 1.29 is 4.79 Å². The zero-order valence-electron chi connectivity index (χ0n) is 13.7. The number of benzene rings is 2. The fraction of sp³-hybridized carbons (Fsp3) is 0.158. The quantitative estimate of drug-likeness (QED) is 0.671. The molecule has 1 aliphatic rings. The first-order chi connectivity index (χ1) is 12.0. The van der Waals surface area contributed by atoms with E-state index in [0.717, 1.165) is 22.3 Å². The largest absolute Gasteiger partial charge is 0.329 e. The van der Waals surface area contributed by atoms with Gasteiger partial charge in [0.05, 0.1) is 17.1 Å². The molecule has 2 heterocycles. The number of allylic oxidation sites excluding steroid dienone is 2. The van der Waals surface area contributed by atoms with Crippen LogP contribution in [0.4, 0.5) is 5.95 Å².